The summed E-state index contributed by atoms with van der Waals surface area (Å²) >= 11 is 1.76. The van der Waals surface area contributed by atoms with Gasteiger partial charge in [0, 0.05) is 18.0 Å². The summed E-state index contributed by atoms with van der Waals surface area (Å²) in [5, 5.41) is 2.08. The van der Waals surface area contributed by atoms with Crippen molar-refractivity contribution in [3.63, 3.8) is 0 Å². The zero-order chi connectivity index (χ0) is 17.2. The van der Waals surface area contributed by atoms with Crippen LogP contribution in [0.1, 0.15) is 37.5 Å². The molecule has 1 aliphatic heterocycles. The van der Waals surface area contributed by atoms with E-state index in [4.69, 9.17) is 4.74 Å². The van der Waals surface area contributed by atoms with Gasteiger partial charge in [-0.1, -0.05) is 6.07 Å². The minimum atomic E-state index is -3.42. The van der Waals surface area contributed by atoms with E-state index in [1.54, 1.807) is 39.9 Å². The number of ether oxygens (including phenoxy) is 1. The van der Waals surface area contributed by atoms with Crippen molar-refractivity contribution in [1.29, 1.82) is 0 Å². The molecule has 0 bridgehead atoms. The summed E-state index contributed by atoms with van der Waals surface area (Å²) in [5.41, 5.74) is 0. The maximum absolute atomic E-state index is 12.8. The van der Waals surface area contributed by atoms with Crippen LogP contribution < -0.4 is 4.74 Å². The Morgan fingerprint density at radius 1 is 1.12 bits per heavy atom. The standard InChI is InChI=1S/C18H23NO3S2/c1-14(2)22-16-5-7-17(8-6-16)24(20,21)19-11-9-15(10-12-19)18-4-3-13-23-18/h3-8,13-15H,9-12H2,1-2H3. The molecule has 3 rings (SSSR count). The highest BCUT2D eigenvalue weighted by Crippen LogP contribution is 2.33. The number of thiophene rings is 1. The van der Waals surface area contributed by atoms with Crippen molar-refractivity contribution in [2.75, 3.05) is 13.1 Å². The molecule has 1 aromatic heterocycles. The van der Waals surface area contributed by atoms with Gasteiger partial charge < -0.3 is 4.74 Å². The van der Waals surface area contributed by atoms with Crippen LogP contribution in [0.2, 0.25) is 0 Å². The van der Waals surface area contributed by atoms with Crippen molar-refractivity contribution in [2.45, 2.75) is 43.6 Å². The zero-order valence-corrected chi connectivity index (χ0v) is 15.6. The quantitative estimate of drug-likeness (QED) is 0.801. The lowest BCUT2D eigenvalue weighted by Gasteiger charge is -2.30. The second-order valence-electron chi connectivity index (χ2n) is 6.33. The van der Waals surface area contributed by atoms with E-state index < -0.39 is 10.0 Å². The van der Waals surface area contributed by atoms with E-state index in [0.717, 1.165) is 12.8 Å². The van der Waals surface area contributed by atoms with E-state index in [1.165, 1.54) is 4.88 Å². The van der Waals surface area contributed by atoms with Gasteiger partial charge in [-0.25, -0.2) is 8.42 Å². The summed E-state index contributed by atoms with van der Waals surface area (Å²) in [4.78, 5) is 1.70. The summed E-state index contributed by atoms with van der Waals surface area (Å²) < 4.78 is 32.8. The molecule has 4 nitrogen and oxygen atoms in total. The highest BCUT2D eigenvalue weighted by Gasteiger charge is 2.30. The van der Waals surface area contributed by atoms with Crippen molar-refractivity contribution >= 4 is 21.4 Å². The molecule has 2 heterocycles. The van der Waals surface area contributed by atoms with Gasteiger partial charge in [0.1, 0.15) is 5.75 Å². The van der Waals surface area contributed by atoms with Crippen molar-refractivity contribution in [2.24, 2.45) is 0 Å². The molecule has 1 fully saturated rings. The third kappa shape index (κ3) is 3.82. The topological polar surface area (TPSA) is 46.6 Å². The molecule has 0 amide bonds. The minimum Gasteiger partial charge on any atom is -0.491 e. The molecule has 1 aromatic carbocycles. The number of hydrogen-bond acceptors (Lipinski definition) is 4. The monoisotopic (exact) mass is 365 g/mol. The Balaban J connectivity index is 1.67. The number of rotatable bonds is 5. The lowest BCUT2D eigenvalue weighted by atomic mass is 9.97. The van der Waals surface area contributed by atoms with Crippen LogP contribution in [-0.2, 0) is 10.0 Å². The second-order valence-corrected chi connectivity index (χ2v) is 9.25. The molecular formula is C18H23NO3S2. The minimum absolute atomic E-state index is 0.0729. The Bertz CT molecular complexity index is 744. The number of piperidine rings is 1. The number of nitrogens with zero attached hydrogens (tertiary/aromatic N) is 1. The first-order chi connectivity index (χ1) is 11.5. The van der Waals surface area contributed by atoms with Gasteiger partial charge in [0.25, 0.3) is 0 Å². The summed E-state index contributed by atoms with van der Waals surface area (Å²) in [5.74, 6) is 1.18. The maximum atomic E-state index is 12.8. The summed E-state index contributed by atoms with van der Waals surface area (Å²) in [6.07, 6.45) is 1.84. The Morgan fingerprint density at radius 3 is 2.33 bits per heavy atom. The van der Waals surface area contributed by atoms with E-state index in [0.29, 0.717) is 29.7 Å². The first-order valence-corrected chi connectivity index (χ1v) is 10.6. The predicted octanol–water partition coefficient (Wildman–Crippen LogP) is 4.10. The van der Waals surface area contributed by atoms with Crippen LogP contribution in [0.15, 0.2) is 46.7 Å². The van der Waals surface area contributed by atoms with Gasteiger partial charge in [0.2, 0.25) is 10.0 Å². The van der Waals surface area contributed by atoms with Gasteiger partial charge in [-0.15, -0.1) is 11.3 Å². The Labute approximate surface area is 148 Å². The van der Waals surface area contributed by atoms with Crippen molar-refractivity contribution in [3.8, 4) is 5.75 Å². The SMILES string of the molecule is CC(C)Oc1ccc(S(=O)(=O)N2CCC(c3cccs3)CC2)cc1. The number of sulfonamides is 1. The largest absolute Gasteiger partial charge is 0.491 e. The molecule has 0 saturated carbocycles. The van der Waals surface area contributed by atoms with Gasteiger partial charge in [-0.2, -0.15) is 4.31 Å². The van der Waals surface area contributed by atoms with Crippen LogP contribution in [0.25, 0.3) is 0 Å². The van der Waals surface area contributed by atoms with Crippen LogP contribution in [0, 0.1) is 0 Å². The van der Waals surface area contributed by atoms with Crippen LogP contribution in [-0.4, -0.2) is 31.9 Å². The molecule has 0 spiro atoms. The molecule has 0 radical (unpaired) electrons. The molecular weight excluding hydrogens is 342 g/mol. The zero-order valence-electron chi connectivity index (χ0n) is 14.0. The third-order valence-electron chi connectivity index (χ3n) is 4.23. The van der Waals surface area contributed by atoms with E-state index in [1.807, 2.05) is 13.8 Å². The highest BCUT2D eigenvalue weighted by atomic mass is 32.2. The molecule has 0 unspecified atom stereocenters. The van der Waals surface area contributed by atoms with Crippen LogP contribution in [0.4, 0.5) is 0 Å². The average Bonchev–Trinajstić information content (AvgIpc) is 3.09. The molecule has 24 heavy (non-hydrogen) atoms. The molecule has 0 N–H and O–H groups in total. The molecule has 130 valence electrons. The molecule has 1 aliphatic rings. The maximum Gasteiger partial charge on any atom is 0.243 e. The third-order valence-corrected chi connectivity index (χ3v) is 7.18. The van der Waals surface area contributed by atoms with Gasteiger partial charge in [-0.05, 0) is 68.3 Å². The molecule has 0 aliphatic carbocycles. The van der Waals surface area contributed by atoms with Crippen molar-refractivity contribution < 1.29 is 13.2 Å². The molecule has 0 atom stereocenters. The fraction of sp³-hybridized carbons (Fsp3) is 0.444. The van der Waals surface area contributed by atoms with E-state index in [-0.39, 0.29) is 6.10 Å². The fourth-order valence-electron chi connectivity index (χ4n) is 3.02. The van der Waals surface area contributed by atoms with Crippen molar-refractivity contribution in [1.82, 2.24) is 4.31 Å². The van der Waals surface area contributed by atoms with Crippen molar-refractivity contribution in [3.05, 3.63) is 46.7 Å². The van der Waals surface area contributed by atoms with E-state index in [2.05, 4.69) is 17.5 Å². The smallest absolute Gasteiger partial charge is 0.243 e. The van der Waals surface area contributed by atoms with Gasteiger partial charge in [-0.3, -0.25) is 0 Å². The predicted molar refractivity (Wildman–Crippen MR) is 97.3 cm³/mol. The average molecular weight is 366 g/mol. The van der Waals surface area contributed by atoms with Gasteiger partial charge in [0.05, 0.1) is 11.0 Å². The summed E-state index contributed by atoms with van der Waals surface area (Å²) in [7, 11) is -3.42. The summed E-state index contributed by atoms with van der Waals surface area (Å²) in [6, 6.07) is 10.9. The second kappa shape index (κ2) is 7.25. The lowest BCUT2D eigenvalue weighted by molar-refractivity contribution is 0.242. The Morgan fingerprint density at radius 2 is 1.79 bits per heavy atom. The normalized spacial score (nSPS) is 17.3. The first kappa shape index (κ1) is 17.5. The van der Waals surface area contributed by atoms with Crippen LogP contribution >= 0.6 is 11.3 Å². The van der Waals surface area contributed by atoms with Crippen LogP contribution in [0.5, 0.6) is 5.75 Å². The van der Waals surface area contributed by atoms with Gasteiger partial charge in [0.15, 0.2) is 0 Å². The number of hydrogen-bond donors (Lipinski definition) is 0. The number of benzene rings is 1. The van der Waals surface area contributed by atoms with Crippen LogP contribution in [0.3, 0.4) is 0 Å². The van der Waals surface area contributed by atoms with E-state index in [9.17, 15) is 8.42 Å². The highest BCUT2D eigenvalue weighted by molar-refractivity contribution is 7.89. The molecule has 2 aromatic rings. The first-order valence-electron chi connectivity index (χ1n) is 8.27. The fourth-order valence-corrected chi connectivity index (χ4v) is 5.38. The van der Waals surface area contributed by atoms with E-state index >= 15 is 0 Å². The molecule has 1 saturated heterocycles. The Hall–Kier alpha value is -1.37. The van der Waals surface area contributed by atoms with Gasteiger partial charge >= 0.3 is 0 Å². The Kier molecular flexibility index (Phi) is 5.27. The summed E-state index contributed by atoms with van der Waals surface area (Å²) in [6.45, 7) is 5.05. The lowest BCUT2D eigenvalue weighted by Crippen LogP contribution is -2.37. The molecule has 6 heteroatoms.